The van der Waals surface area contributed by atoms with Crippen LogP contribution in [0, 0.1) is 11.3 Å². The van der Waals surface area contributed by atoms with E-state index in [1.165, 1.54) is 35.4 Å². The Balaban J connectivity index is 1.41. The van der Waals surface area contributed by atoms with Crippen LogP contribution in [0.25, 0.3) is 0 Å². The van der Waals surface area contributed by atoms with E-state index in [1.807, 2.05) is 11.3 Å². The molecule has 4 rings (SSSR count). The largest absolute Gasteiger partial charge is 0.316 e. The van der Waals surface area contributed by atoms with Gasteiger partial charge in [0, 0.05) is 27.9 Å². The van der Waals surface area contributed by atoms with Crippen LogP contribution in [0.2, 0.25) is 0 Å². The minimum Gasteiger partial charge on any atom is -0.316 e. The zero-order valence-electron chi connectivity index (χ0n) is 16.6. The van der Waals surface area contributed by atoms with Gasteiger partial charge in [-0.05, 0) is 56.5 Å². The van der Waals surface area contributed by atoms with E-state index in [4.69, 9.17) is 10.2 Å². The van der Waals surface area contributed by atoms with Crippen LogP contribution >= 0.6 is 22.7 Å². The Bertz CT molecular complexity index is 987. The SMILES string of the molecule is CCCCc1ccc(CN2CCC[C@H]2c2csc(Nc3cc(C#N)ccn3)n2)s1. The van der Waals surface area contributed by atoms with Crippen LogP contribution in [0.1, 0.15) is 59.7 Å². The lowest BCUT2D eigenvalue weighted by Gasteiger charge is -2.22. The Kier molecular flexibility index (Phi) is 6.55. The molecule has 0 saturated carbocycles. The molecule has 1 atom stereocenters. The maximum absolute atomic E-state index is 9.05. The molecule has 29 heavy (non-hydrogen) atoms. The summed E-state index contributed by atoms with van der Waals surface area (Å²) in [5.74, 6) is 0.659. The maximum Gasteiger partial charge on any atom is 0.188 e. The third-order valence-electron chi connectivity index (χ3n) is 5.20. The number of nitrogens with zero attached hydrogens (tertiary/aromatic N) is 4. The van der Waals surface area contributed by atoms with E-state index >= 15 is 0 Å². The summed E-state index contributed by atoms with van der Waals surface area (Å²) in [5.41, 5.74) is 1.73. The van der Waals surface area contributed by atoms with Gasteiger partial charge in [-0.3, -0.25) is 4.90 Å². The molecule has 1 fully saturated rings. The molecule has 1 N–H and O–H groups in total. The Hall–Kier alpha value is -2.27. The van der Waals surface area contributed by atoms with Gasteiger partial charge in [0.15, 0.2) is 5.13 Å². The van der Waals surface area contributed by atoms with Crippen LogP contribution in [0.4, 0.5) is 10.9 Å². The summed E-state index contributed by atoms with van der Waals surface area (Å²) in [7, 11) is 0. The second-order valence-electron chi connectivity index (χ2n) is 7.34. The number of hydrogen-bond acceptors (Lipinski definition) is 7. The lowest BCUT2D eigenvalue weighted by Crippen LogP contribution is -2.22. The van der Waals surface area contributed by atoms with Crippen molar-refractivity contribution in [2.45, 2.75) is 51.6 Å². The Labute approximate surface area is 180 Å². The van der Waals surface area contributed by atoms with Crippen molar-refractivity contribution in [3.8, 4) is 6.07 Å². The molecule has 3 aromatic rings. The highest BCUT2D eigenvalue weighted by Gasteiger charge is 2.28. The van der Waals surface area contributed by atoms with Gasteiger partial charge in [0.2, 0.25) is 0 Å². The second-order valence-corrected chi connectivity index (χ2v) is 9.46. The molecule has 0 spiro atoms. The normalized spacial score (nSPS) is 16.8. The number of pyridine rings is 1. The topological polar surface area (TPSA) is 64.8 Å². The van der Waals surface area contributed by atoms with E-state index in [0.29, 0.717) is 17.4 Å². The first-order valence-electron chi connectivity index (χ1n) is 10.2. The van der Waals surface area contributed by atoms with Crippen molar-refractivity contribution in [3.05, 3.63) is 56.9 Å². The maximum atomic E-state index is 9.05. The van der Waals surface area contributed by atoms with E-state index in [9.17, 15) is 0 Å². The van der Waals surface area contributed by atoms with E-state index in [1.54, 1.807) is 29.7 Å². The van der Waals surface area contributed by atoms with Crippen molar-refractivity contribution in [2.24, 2.45) is 0 Å². The second kappa shape index (κ2) is 9.49. The number of hydrogen-bond donors (Lipinski definition) is 1. The first-order chi connectivity index (χ1) is 14.2. The summed E-state index contributed by atoms with van der Waals surface area (Å²) in [4.78, 5) is 14.6. The first-order valence-corrected chi connectivity index (χ1v) is 11.8. The summed E-state index contributed by atoms with van der Waals surface area (Å²) in [5, 5.41) is 15.3. The van der Waals surface area contributed by atoms with Crippen LogP contribution in [0.5, 0.6) is 0 Å². The number of aryl methyl sites for hydroxylation is 1. The molecule has 150 valence electrons. The van der Waals surface area contributed by atoms with Crippen molar-refractivity contribution >= 4 is 33.6 Å². The molecule has 0 unspecified atom stereocenters. The summed E-state index contributed by atoms with van der Waals surface area (Å²) in [6.45, 7) is 4.38. The van der Waals surface area contributed by atoms with Crippen molar-refractivity contribution in [1.29, 1.82) is 5.26 Å². The summed E-state index contributed by atoms with van der Waals surface area (Å²) < 4.78 is 0. The van der Waals surface area contributed by atoms with Crippen molar-refractivity contribution in [2.75, 3.05) is 11.9 Å². The van der Waals surface area contributed by atoms with Gasteiger partial charge in [0.05, 0.1) is 23.4 Å². The van der Waals surface area contributed by atoms with Gasteiger partial charge < -0.3 is 5.32 Å². The molecule has 0 amide bonds. The summed E-state index contributed by atoms with van der Waals surface area (Å²) in [6, 6.07) is 10.6. The van der Waals surface area contributed by atoms with Crippen molar-refractivity contribution < 1.29 is 0 Å². The molecule has 5 nitrogen and oxygen atoms in total. The van der Waals surface area contributed by atoms with Gasteiger partial charge in [0.25, 0.3) is 0 Å². The monoisotopic (exact) mass is 423 g/mol. The Morgan fingerprint density at radius 2 is 2.21 bits per heavy atom. The minimum absolute atomic E-state index is 0.376. The first kappa shape index (κ1) is 20.0. The molecule has 0 bridgehead atoms. The molecule has 1 aliphatic rings. The fourth-order valence-electron chi connectivity index (χ4n) is 3.72. The Morgan fingerprint density at radius 1 is 1.31 bits per heavy atom. The zero-order valence-corrected chi connectivity index (χ0v) is 18.2. The fourth-order valence-corrected chi connectivity index (χ4v) is 5.57. The van der Waals surface area contributed by atoms with Gasteiger partial charge in [-0.2, -0.15) is 5.26 Å². The average molecular weight is 424 g/mol. The summed E-state index contributed by atoms with van der Waals surface area (Å²) in [6.07, 6.45) is 7.73. The number of thiophene rings is 1. The predicted octanol–water partition coefficient (Wildman–Crippen LogP) is 5.89. The predicted molar refractivity (Wildman–Crippen MR) is 120 cm³/mol. The lowest BCUT2D eigenvalue weighted by atomic mass is 10.1. The average Bonchev–Trinajstić information content (AvgIpc) is 3.48. The van der Waals surface area contributed by atoms with Crippen molar-refractivity contribution in [1.82, 2.24) is 14.9 Å². The molecule has 1 aliphatic heterocycles. The molecular weight excluding hydrogens is 398 g/mol. The number of rotatable bonds is 8. The smallest absolute Gasteiger partial charge is 0.188 e. The molecule has 1 saturated heterocycles. The number of nitrogens with one attached hydrogen (secondary N) is 1. The van der Waals surface area contributed by atoms with Crippen LogP contribution < -0.4 is 5.32 Å². The Morgan fingerprint density at radius 3 is 3.07 bits per heavy atom. The van der Waals surface area contributed by atoms with Crippen LogP contribution in [0.15, 0.2) is 35.8 Å². The number of aromatic nitrogens is 2. The number of nitriles is 1. The van der Waals surface area contributed by atoms with Crippen LogP contribution in [0.3, 0.4) is 0 Å². The van der Waals surface area contributed by atoms with E-state index < -0.39 is 0 Å². The third-order valence-corrected chi connectivity index (χ3v) is 7.11. The quantitative estimate of drug-likeness (QED) is 0.489. The van der Waals surface area contributed by atoms with Gasteiger partial charge in [-0.15, -0.1) is 22.7 Å². The fraction of sp³-hybridized carbons (Fsp3) is 0.409. The number of unbranched alkanes of at least 4 members (excludes halogenated alkanes) is 1. The van der Waals surface area contributed by atoms with E-state index in [-0.39, 0.29) is 0 Å². The van der Waals surface area contributed by atoms with Crippen molar-refractivity contribution in [3.63, 3.8) is 0 Å². The van der Waals surface area contributed by atoms with Crippen LogP contribution in [-0.4, -0.2) is 21.4 Å². The number of anilines is 2. The summed E-state index contributed by atoms with van der Waals surface area (Å²) >= 11 is 3.56. The molecule has 0 aromatic carbocycles. The standard InChI is InChI=1S/C22H25N5S2/c1-2-3-5-17-7-8-18(29-17)14-27-11-4-6-20(27)19-15-28-22(25-19)26-21-12-16(13-23)9-10-24-21/h7-10,12,15,20H,2-6,11,14H2,1H3,(H,24,25,26)/t20-/m0/s1. The van der Waals surface area contributed by atoms with Gasteiger partial charge >= 0.3 is 0 Å². The molecule has 0 aliphatic carbocycles. The molecule has 4 heterocycles. The molecule has 7 heteroatoms. The molecular formula is C22H25N5S2. The highest BCUT2D eigenvalue weighted by atomic mass is 32.1. The zero-order chi connectivity index (χ0) is 20.1. The van der Waals surface area contributed by atoms with Gasteiger partial charge in [-0.1, -0.05) is 13.3 Å². The van der Waals surface area contributed by atoms with E-state index in [0.717, 1.165) is 30.3 Å². The molecule has 3 aromatic heterocycles. The highest BCUT2D eigenvalue weighted by Crippen LogP contribution is 2.36. The minimum atomic E-state index is 0.376. The highest BCUT2D eigenvalue weighted by molar-refractivity contribution is 7.13. The van der Waals surface area contributed by atoms with Crippen LogP contribution in [-0.2, 0) is 13.0 Å². The van der Waals surface area contributed by atoms with Gasteiger partial charge in [-0.25, -0.2) is 9.97 Å². The van der Waals surface area contributed by atoms with Gasteiger partial charge in [0.1, 0.15) is 5.82 Å². The van der Waals surface area contributed by atoms with E-state index in [2.05, 4.69) is 45.7 Å². The number of likely N-dealkylation sites (tertiary alicyclic amines) is 1. The lowest BCUT2D eigenvalue weighted by molar-refractivity contribution is 0.247. The number of thiazole rings is 1. The molecule has 0 radical (unpaired) electrons. The third kappa shape index (κ3) is 5.02.